The number of rotatable bonds is 6. The second kappa shape index (κ2) is 10.3. The van der Waals surface area contributed by atoms with Crippen molar-refractivity contribution in [2.75, 3.05) is 14.1 Å². The molecule has 0 unspecified atom stereocenters. The first kappa shape index (κ1) is 25.6. The van der Waals surface area contributed by atoms with Crippen molar-refractivity contribution in [2.45, 2.75) is 64.1 Å². The van der Waals surface area contributed by atoms with Crippen molar-refractivity contribution in [3.63, 3.8) is 0 Å². The highest BCUT2D eigenvalue weighted by molar-refractivity contribution is 6.30. The smallest absolute Gasteiger partial charge is 0.408 e. The third-order valence-corrected chi connectivity index (χ3v) is 5.95. The van der Waals surface area contributed by atoms with Crippen LogP contribution in [0.5, 0.6) is 0 Å². The number of halogens is 1. The molecule has 176 valence electrons. The first-order valence-electron chi connectivity index (χ1n) is 10.6. The van der Waals surface area contributed by atoms with E-state index in [1.54, 1.807) is 59.1 Å². The Morgan fingerprint density at radius 3 is 2.19 bits per heavy atom. The van der Waals surface area contributed by atoms with E-state index < -0.39 is 29.6 Å². The lowest BCUT2D eigenvalue weighted by Crippen LogP contribution is -2.62. The number of benzene rings is 1. The number of hydrogen-bond acceptors (Lipinski definition) is 4. The molecule has 1 aromatic rings. The van der Waals surface area contributed by atoms with Crippen LogP contribution in [0.15, 0.2) is 24.3 Å². The molecule has 1 aromatic carbocycles. The molecule has 32 heavy (non-hydrogen) atoms. The minimum atomic E-state index is -1.11. The number of carbonyl (C=O) groups excluding carboxylic acids is 3. The summed E-state index contributed by atoms with van der Waals surface area (Å²) in [5.41, 5.74) is -0.356. The highest BCUT2D eigenvalue weighted by Gasteiger charge is 2.43. The minimum absolute atomic E-state index is 0.0584. The Balaban J connectivity index is 2.20. The topological polar surface area (TPSA) is 107 Å². The summed E-state index contributed by atoms with van der Waals surface area (Å²) in [5.74, 6) is -1.21. The summed E-state index contributed by atoms with van der Waals surface area (Å²) in [5, 5.41) is 13.3. The van der Waals surface area contributed by atoms with Crippen molar-refractivity contribution >= 4 is 35.3 Å². The van der Waals surface area contributed by atoms with Crippen LogP contribution in [0.25, 0.3) is 0 Å². The second-order valence-electron chi connectivity index (χ2n) is 9.41. The van der Waals surface area contributed by atoms with Gasteiger partial charge in [0.05, 0.1) is 12.5 Å². The first-order chi connectivity index (χ1) is 14.8. The lowest BCUT2D eigenvalue weighted by molar-refractivity contribution is -0.135. The molecular formula is C23H32ClN3O5. The van der Waals surface area contributed by atoms with Crippen LogP contribution in [0.3, 0.4) is 0 Å². The van der Waals surface area contributed by atoms with Crippen molar-refractivity contribution in [2.24, 2.45) is 5.92 Å². The van der Waals surface area contributed by atoms with Crippen LogP contribution in [0, 0.1) is 5.92 Å². The van der Waals surface area contributed by atoms with E-state index in [1.807, 2.05) is 0 Å². The monoisotopic (exact) mass is 465 g/mol. The maximum atomic E-state index is 12.7. The van der Waals surface area contributed by atoms with Gasteiger partial charge in [0.25, 0.3) is 0 Å². The SMILES string of the molecule is CN(C)C(=O)[C@H]1CC[C@H](NC(=O)CC(=O)c2ccc(Cl)cc2)[C@H](N(C(=O)O)C(C)(C)C)C1. The fourth-order valence-electron chi connectivity index (χ4n) is 4.26. The van der Waals surface area contributed by atoms with E-state index in [2.05, 4.69) is 5.32 Å². The number of nitrogens with zero attached hydrogens (tertiary/aromatic N) is 2. The molecule has 0 heterocycles. The molecule has 1 fully saturated rings. The van der Waals surface area contributed by atoms with Gasteiger partial charge in [-0.15, -0.1) is 0 Å². The minimum Gasteiger partial charge on any atom is -0.465 e. The maximum absolute atomic E-state index is 12.7. The molecule has 1 aliphatic carbocycles. The van der Waals surface area contributed by atoms with Gasteiger partial charge in [-0.2, -0.15) is 0 Å². The summed E-state index contributed by atoms with van der Waals surface area (Å²) in [6.45, 7) is 5.34. The Morgan fingerprint density at radius 1 is 1.09 bits per heavy atom. The molecule has 2 N–H and O–H groups in total. The Labute approximate surface area is 193 Å². The summed E-state index contributed by atoms with van der Waals surface area (Å²) in [6, 6.07) is 5.20. The Morgan fingerprint density at radius 2 is 1.69 bits per heavy atom. The normalized spacial score (nSPS) is 20.9. The summed E-state index contributed by atoms with van der Waals surface area (Å²) >= 11 is 5.84. The molecule has 2 rings (SSSR count). The third kappa shape index (κ3) is 6.45. The van der Waals surface area contributed by atoms with Gasteiger partial charge in [0, 0.05) is 42.2 Å². The molecule has 8 nitrogen and oxygen atoms in total. The molecule has 0 saturated heterocycles. The number of ketones is 1. The highest BCUT2D eigenvalue weighted by atomic mass is 35.5. The van der Waals surface area contributed by atoms with E-state index in [4.69, 9.17) is 11.6 Å². The molecule has 0 aromatic heterocycles. The van der Waals surface area contributed by atoms with Crippen LogP contribution in [-0.2, 0) is 9.59 Å². The fourth-order valence-corrected chi connectivity index (χ4v) is 4.38. The van der Waals surface area contributed by atoms with Crippen molar-refractivity contribution in [3.05, 3.63) is 34.9 Å². The fraction of sp³-hybridized carbons (Fsp3) is 0.565. The molecule has 0 radical (unpaired) electrons. The van der Waals surface area contributed by atoms with Crippen LogP contribution in [0.4, 0.5) is 4.79 Å². The van der Waals surface area contributed by atoms with Crippen LogP contribution < -0.4 is 5.32 Å². The van der Waals surface area contributed by atoms with Crippen LogP contribution in [-0.4, -0.2) is 70.3 Å². The average molecular weight is 466 g/mol. The Hall–Kier alpha value is -2.61. The third-order valence-electron chi connectivity index (χ3n) is 5.70. The molecule has 0 bridgehead atoms. The molecule has 0 spiro atoms. The molecule has 9 heteroatoms. The number of Topliss-reactive ketones (excluding diaryl/α,β-unsaturated/α-hetero) is 1. The van der Waals surface area contributed by atoms with E-state index in [1.165, 1.54) is 9.80 Å². The molecular weight excluding hydrogens is 434 g/mol. The van der Waals surface area contributed by atoms with Gasteiger partial charge in [-0.05, 0) is 64.3 Å². The number of carbonyl (C=O) groups is 4. The van der Waals surface area contributed by atoms with Crippen molar-refractivity contribution in [1.82, 2.24) is 15.1 Å². The zero-order chi connectivity index (χ0) is 24.2. The van der Waals surface area contributed by atoms with Gasteiger partial charge < -0.3 is 15.3 Å². The Kier molecular flexibility index (Phi) is 8.29. The zero-order valence-electron chi connectivity index (χ0n) is 19.2. The van der Waals surface area contributed by atoms with Crippen LogP contribution >= 0.6 is 11.6 Å². The van der Waals surface area contributed by atoms with E-state index in [-0.39, 0.29) is 24.0 Å². The number of carboxylic acid groups (broad SMARTS) is 1. The Bertz CT molecular complexity index is 863. The standard InChI is InChI=1S/C23H32ClN3O5/c1-23(2,3)27(22(31)32)18-12-15(21(30)26(4)5)8-11-17(18)25-20(29)13-19(28)14-6-9-16(24)10-7-14/h6-7,9-10,15,17-18H,8,11-13H2,1-5H3,(H,25,29)(H,31,32)/t15-,17-,18+/m0/s1. The van der Waals surface area contributed by atoms with E-state index in [0.29, 0.717) is 29.8 Å². The summed E-state index contributed by atoms with van der Waals surface area (Å²) in [4.78, 5) is 52.6. The van der Waals surface area contributed by atoms with Crippen molar-refractivity contribution in [1.29, 1.82) is 0 Å². The predicted molar refractivity (Wildman–Crippen MR) is 122 cm³/mol. The highest BCUT2D eigenvalue weighted by Crippen LogP contribution is 2.33. The molecule has 3 amide bonds. The lowest BCUT2D eigenvalue weighted by atomic mass is 9.79. The number of amides is 3. The van der Waals surface area contributed by atoms with Gasteiger partial charge in [0.2, 0.25) is 11.8 Å². The molecule has 0 aliphatic heterocycles. The van der Waals surface area contributed by atoms with Gasteiger partial charge in [-0.1, -0.05) is 11.6 Å². The van der Waals surface area contributed by atoms with Gasteiger partial charge >= 0.3 is 6.09 Å². The van der Waals surface area contributed by atoms with E-state index in [9.17, 15) is 24.3 Å². The average Bonchev–Trinajstić information content (AvgIpc) is 2.67. The maximum Gasteiger partial charge on any atom is 0.408 e. The first-order valence-corrected chi connectivity index (χ1v) is 11.0. The summed E-state index contributed by atoms with van der Waals surface area (Å²) in [6.07, 6.45) is -0.196. The van der Waals surface area contributed by atoms with Gasteiger partial charge in [-0.25, -0.2) is 4.79 Å². The van der Waals surface area contributed by atoms with Gasteiger partial charge in [-0.3, -0.25) is 19.3 Å². The van der Waals surface area contributed by atoms with Gasteiger partial charge in [0.1, 0.15) is 0 Å². The molecule has 1 saturated carbocycles. The second-order valence-corrected chi connectivity index (χ2v) is 9.85. The quantitative estimate of drug-likeness (QED) is 0.494. The molecule has 1 aliphatic rings. The largest absolute Gasteiger partial charge is 0.465 e. The van der Waals surface area contributed by atoms with E-state index >= 15 is 0 Å². The number of hydrogen-bond donors (Lipinski definition) is 2. The lowest BCUT2D eigenvalue weighted by Gasteiger charge is -2.47. The van der Waals surface area contributed by atoms with Crippen LogP contribution in [0.1, 0.15) is 56.8 Å². The van der Waals surface area contributed by atoms with Gasteiger partial charge in [0.15, 0.2) is 5.78 Å². The van der Waals surface area contributed by atoms with Crippen molar-refractivity contribution < 1.29 is 24.3 Å². The van der Waals surface area contributed by atoms with E-state index in [0.717, 1.165) is 0 Å². The van der Waals surface area contributed by atoms with Crippen molar-refractivity contribution in [3.8, 4) is 0 Å². The predicted octanol–water partition coefficient (Wildman–Crippen LogP) is 3.43. The molecule has 3 atom stereocenters. The summed E-state index contributed by atoms with van der Waals surface area (Å²) in [7, 11) is 3.35. The number of nitrogens with one attached hydrogen (secondary N) is 1. The zero-order valence-corrected chi connectivity index (χ0v) is 20.0. The summed E-state index contributed by atoms with van der Waals surface area (Å²) < 4.78 is 0. The van der Waals surface area contributed by atoms with Crippen LogP contribution in [0.2, 0.25) is 5.02 Å².